The normalized spacial score (nSPS) is 11.6. The van der Waals surface area contributed by atoms with Gasteiger partial charge in [-0.1, -0.05) is 0 Å². The van der Waals surface area contributed by atoms with E-state index in [1.54, 1.807) is 0 Å². The summed E-state index contributed by atoms with van der Waals surface area (Å²) in [5.74, 6) is -0.816. The molecule has 0 N–H and O–H groups in total. The standard InChI is InChI=1S/C6H8F2O/c7-4-2-1-3-6(8)5-9/h3,5H,1-2,4H2/b6-3-. The molecule has 52 valence electrons. The number of halogens is 2. The van der Waals surface area contributed by atoms with E-state index in [0.29, 0.717) is 6.42 Å². The average Bonchev–Trinajstić information content (AvgIpc) is 1.89. The zero-order valence-corrected chi connectivity index (χ0v) is 4.94. The SMILES string of the molecule is O=C/C(F)=C/CCCF. The minimum absolute atomic E-state index is 0.109. The van der Waals surface area contributed by atoms with Gasteiger partial charge >= 0.3 is 0 Å². The van der Waals surface area contributed by atoms with E-state index in [1.165, 1.54) is 0 Å². The summed E-state index contributed by atoms with van der Waals surface area (Å²) >= 11 is 0. The van der Waals surface area contributed by atoms with E-state index in [0.717, 1.165) is 6.08 Å². The van der Waals surface area contributed by atoms with Crippen LogP contribution in [0.3, 0.4) is 0 Å². The zero-order chi connectivity index (χ0) is 7.11. The van der Waals surface area contributed by atoms with Gasteiger partial charge in [0.05, 0.1) is 6.67 Å². The Bertz CT molecular complexity index is 110. The van der Waals surface area contributed by atoms with E-state index in [4.69, 9.17) is 0 Å². The number of alkyl halides is 1. The Balaban J connectivity index is 3.31. The quantitative estimate of drug-likeness (QED) is 0.325. The number of allylic oxidation sites excluding steroid dienone is 2. The number of aldehydes is 1. The van der Waals surface area contributed by atoms with Gasteiger partial charge in [-0.05, 0) is 18.9 Å². The summed E-state index contributed by atoms with van der Waals surface area (Å²) in [7, 11) is 0. The van der Waals surface area contributed by atoms with E-state index in [1.807, 2.05) is 0 Å². The van der Waals surface area contributed by atoms with Gasteiger partial charge in [0.2, 0.25) is 0 Å². The molecule has 0 aromatic rings. The molecular weight excluding hydrogens is 126 g/mol. The largest absolute Gasteiger partial charge is 0.295 e. The summed E-state index contributed by atoms with van der Waals surface area (Å²) in [6.45, 7) is -0.470. The summed E-state index contributed by atoms with van der Waals surface area (Å²) in [4.78, 5) is 9.56. The first-order valence-corrected chi connectivity index (χ1v) is 2.68. The van der Waals surface area contributed by atoms with E-state index < -0.39 is 12.5 Å². The lowest BCUT2D eigenvalue weighted by Crippen LogP contribution is -1.76. The molecule has 0 saturated heterocycles. The fraction of sp³-hybridized carbons (Fsp3) is 0.500. The van der Waals surface area contributed by atoms with Crippen LogP contribution in [0.15, 0.2) is 11.9 Å². The van der Waals surface area contributed by atoms with Crippen molar-refractivity contribution in [1.82, 2.24) is 0 Å². The lowest BCUT2D eigenvalue weighted by molar-refractivity contribution is -0.106. The van der Waals surface area contributed by atoms with Crippen molar-refractivity contribution in [3.63, 3.8) is 0 Å². The summed E-state index contributed by atoms with van der Waals surface area (Å²) in [5.41, 5.74) is 0. The lowest BCUT2D eigenvalue weighted by Gasteiger charge is -1.84. The van der Waals surface area contributed by atoms with Gasteiger partial charge in [-0.25, -0.2) is 4.39 Å². The second-order valence-corrected chi connectivity index (χ2v) is 1.54. The van der Waals surface area contributed by atoms with Crippen molar-refractivity contribution in [1.29, 1.82) is 0 Å². The highest BCUT2D eigenvalue weighted by Crippen LogP contribution is 1.97. The zero-order valence-electron chi connectivity index (χ0n) is 4.94. The number of unbranched alkanes of at least 4 members (excludes halogenated alkanes) is 1. The molecule has 0 spiro atoms. The third kappa shape index (κ3) is 5.14. The van der Waals surface area contributed by atoms with Gasteiger partial charge in [0, 0.05) is 0 Å². The third-order valence-electron chi connectivity index (χ3n) is 0.790. The molecule has 0 unspecified atom stereocenters. The summed E-state index contributed by atoms with van der Waals surface area (Å²) < 4.78 is 23.1. The predicted octanol–water partition coefficient (Wildman–Crippen LogP) is 1.79. The Labute approximate surface area is 52.4 Å². The van der Waals surface area contributed by atoms with Crippen LogP contribution in [-0.2, 0) is 4.79 Å². The van der Waals surface area contributed by atoms with Crippen molar-refractivity contribution >= 4 is 6.29 Å². The molecule has 0 rings (SSSR count). The van der Waals surface area contributed by atoms with Crippen molar-refractivity contribution in [3.05, 3.63) is 11.9 Å². The highest BCUT2D eigenvalue weighted by molar-refractivity contribution is 5.69. The molecule has 3 heteroatoms. The molecule has 0 aromatic heterocycles. The van der Waals surface area contributed by atoms with Crippen LogP contribution in [0.25, 0.3) is 0 Å². The van der Waals surface area contributed by atoms with Gasteiger partial charge in [-0.3, -0.25) is 9.18 Å². The molecule has 0 aliphatic rings. The molecule has 0 amide bonds. The van der Waals surface area contributed by atoms with Crippen LogP contribution in [-0.4, -0.2) is 13.0 Å². The molecule has 0 fully saturated rings. The second-order valence-electron chi connectivity index (χ2n) is 1.54. The highest BCUT2D eigenvalue weighted by Gasteiger charge is 1.87. The molecule has 0 heterocycles. The van der Waals surface area contributed by atoms with Crippen LogP contribution in [0.1, 0.15) is 12.8 Å². The molecule has 0 saturated carbocycles. The fourth-order valence-corrected chi connectivity index (χ4v) is 0.365. The number of carbonyl (C=O) groups excluding carboxylic acids is 1. The van der Waals surface area contributed by atoms with Crippen LogP contribution in [0.5, 0.6) is 0 Å². The number of hydrogen-bond donors (Lipinski definition) is 0. The van der Waals surface area contributed by atoms with Gasteiger partial charge in [0.25, 0.3) is 0 Å². The Kier molecular flexibility index (Phi) is 4.97. The molecule has 0 radical (unpaired) electrons. The number of rotatable bonds is 4. The van der Waals surface area contributed by atoms with Gasteiger partial charge in [0.15, 0.2) is 12.1 Å². The minimum Gasteiger partial charge on any atom is -0.295 e. The smallest absolute Gasteiger partial charge is 0.178 e. The van der Waals surface area contributed by atoms with Crippen molar-refractivity contribution in [2.24, 2.45) is 0 Å². The Morgan fingerprint density at radius 2 is 2.22 bits per heavy atom. The first-order chi connectivity index (χ1) is 4.31. The number of hydrogen-bond acceptors (Lipinski definition) is 1. The summed E-state index contributed by atoms with van der Waals surface area (Å²) in [5, 5.41) is 0. The third-order valence-corrected chi connectivity index (χ3v) is 0.790. The van der Waals surface area contributed by atoms with Gasteiger partial charge in [-0.2, -0.15) is 0 Å². The fourth-order valence-electron chi connectivity index (χ4n) is 0.365. The van der Waals surface area contributed by atoms with E-state index in [2.05, 4.69) is 0 Å². The van der Waals surface area contributed by atoms with Gasteiger partial charge in [0.1, 0.15) is 0 Å². The van der Waals surface area contributed by atoms with Crippen LogP contribution < -0.4 is 0 Å². The maximum atomic E-state index is 11.8. The van der Waals surface area contributed by atoms with Crippen LogP contribution >= 0.6 is 0 Å². The van der Waals surface area contributed by atoms with E-state index in [9.17, 15) is 13.6 Å². The second kappa shape index (κ2) is 5.41. The highest BCUT2D eigenvalue weighted by atomic mass is 19.1. The predicted molar refractivity (Wildman–Crippen MR) is 30.5 cm³/mol. The van der Waals surface area contributed by atoms with Crippen molar-refractivity contribution in [2.45, 2.75) is 12.8 Å². The van der Waals surface area contributed by atoms with Crippen molar-refractivity contribution < 1.29 is 13.6 Å². The molecule has 0 aliphatic carbocycles. The van der Waals surface area contributed by atoms with Crippen molar-refractivity contribution in [2.75, 3.05) is 6.67 Å². The molecule has 1 nitrogen and oxygen atoms in total. The first kappa shape index (κ1) is 8.27. The van der Waals surface area contributed by atoms with Crippen LogP contribution in [0.4, 0.5) is 8.78 Å². The van der Waals surface area contributed by atoms with Crippen LogP contribution in [0, 0.1) is 0 Å². The molecule has 0 bridgehead atoms. The monoisotopic (exact) mass is 134 g/mol. The van der Waals surface area contributed by atoms with Gasteiger partial charge < -0.3 is 0 Å². The van der Waals surface area contributed by atoms with E-state index in [-0.39, 0.29) is 12.7 Å². The van der Waals surface area contributed by atoms with Crippen LogP contribution in [0.2, 0.25) is 0 Å². The van der Waals surface area contributed by atoms with Crippen molar-refractivity contribution in [3.8, 4) is 0 Å². The average molecular weight is 134 g/mol. The summed E-state index contributed by atoms with van der Waals surface area (Å²) in [6.07, 6.45) is 1.76. The minimum atomic E-state index is -0.816. The maximum Gasteiger partial charge on any atom is 0.178 e. The number of carbonyl (C=O) groups is 1. The molecular formula is C6H8F2O. The Morgan fingerprint density at radius 3 is 2.67 bits per heavy atom. The molecule has 0 atom stereocenters. The van der Waals surface area contributed by atoms with Gasteiger partial charge in [-0.15, -0.1) is 0 Å². The molecule has 9 heavy (non-hydrogen) atoms. The topological polar surface area (TPSA) is 17.1 Å². The van der Waals surface area contributed by atoms with E-state index >= 15 is 0 Å². The Morgan fingerprint density at radius 1 is 1.56 bits per heavy atom. The summed E-state index contributed by atoms with van der Waals surface area (Å²) in [6, 6.07) is 0. The molecule has 0 aromatic carbocycles. The Hall–Kier alpha value is -0.730. The lowest BCUT2D eigenvalue weighted by atomic mass is 10.3. The maximum absolute atomic E-state index is 11.8. The molecule has 0 aliphatic heterocycles. The first-order valence-electron chi connectivity index (χ1n) is 2.68.